The van der Waals surface area contributed by atoms with Crippen molar-refractivity contribution < 1.29 is 0 Å². The Bertz CT molecular complexity index is 670. The van der Waals surface area contributed by atoms with Gasteiger partial charge in [0.2, 0.25) is 0 Å². The second-order valence-corrected chi connectivity index (χ2v) is 6.64. The number of hydrogen-bond donors (Lipinski definition) is 1. The Kier molecular flexibility index (Phi) is 2.77. The molecule has 5 nitrogen and oxygen atoms in total. The van der Waals surface area contributed by atoms with Gasteiger partial charge < -0.3 is 5.73 Å². The number of benzene rings is 1. The van der Waals surface area contributed by atoms with Crippen LogP contribution in [0.4, 0.5) is 5.69 Å². The first-order chi connectivity index (χ1) is 10.1. The van der Waals surface area contributed by atoms with Gasteiger partial charge in [-0.2, -0.15) is 0 Å². The van der Waals surface area contributed by atoms with E-state index >= 15 is 0 Å². The number of rotatable bonds is 4. The van der Waals surface area contributed by atoms with E-state index in [1.165, 1.54) is 31.2 Å². The molecule has 4 rings (SSSR count). The Morgan fingerprint density at radius 3 is 2.38 bits per heavy atom. The SMILES string of the molecule is Cc1cc(C)c(-c2nnnn2C(C2CC2)C2CC2)cc1N. The summed E-state index contributed by atoms with van der Waals surface area (Å²) in [6, 6.07) is 4.62. The van der Waals surface area contributed by atoms with E-state index in [4.69, 9.17) is 5.73 Å². The summed E-state index contributed by atoms with van der Waals surface area (Å²) in [4.78, 5) is 0. The summed E-state index contributed by atoms with van der Waals surface area (Å²) in [5.41, 5.74) is 10.2. The van der Waals surface area contributed by atoms with Crippen molar-refractivity contribution in [1.82, 2.24) is 20.2 Å². The summed E-state index contributed by atoms with van der Waals surface area (Å²) in [6.45, 7) is 4.14. The highest BCUT2D eigenvalue weighted by molar-refractivity contribution is 5.67. The highest BCUT2D eigenvalue weighted by atomic mass is 15.6. The molecule has 2 N–H and O–H groups in total. The van der Waals surface area contributed by atoms with Crippen LogP contribution < -0.4 is 5.73 Å². The number of aromatic nitrogens is 4. The van der Waals surface area contributed by atoms with Gasteiger partial charge in [0.1, 0.15) is 0 Å². The summed E-state index contributed by atoms with van der Waals surface area (Å²) >= 11 is 0. The second-order valence-electron chi connectivity index (χ2n) is 6.64. The lowest BCUT2D eigenvalue weighted by molar-refractivity contribution is 0.357. The molecule has 0 unspecified atom stereocenters. The molecule has 5 heteroatoms. The van der Waals surface area contributed by atoms with Crippen molar-refractivity contribution in [2.24, 2.45) is 11.8 Å². The van der Waals surface area contributed by atoms with Crippen molar-refractivity contribution in [3.05, 3.63) is 23.3 Å². The molecule has 2 saturated carbocycles. The van der Waals surface area contributed by atoms with Crippen molar-refractivity contribution in [1.29, 1.82) is 0 Å². The number of nitrogens with zero attached hydrogens (tertiary/aromatic N) is 4. The summed E-state index contributed by atoms with van der Waals surface area (Å²) < 4.78 is 2.08. The minimum atomic E-state index is 0.483. The average Bonchev–Trinajstić information content (AvgIpc) is 3.35. The highest BCUT2D eigenvalue weighted by Gasteiger charge is 2.44. The van der Waals surface area contributed by atoms with E-state index in [0.717, 1.165) is 34.5 Å². The molecule has 0 bridgehead atoms. The zero-order valence-electron chi connectivity index (χ0n) is 12.6. The maximum Gasteiger partial charge on any atom is 0.182 e. The molecule has 0 amide bonds. The standard InChI is InChI=1S/C16H21N5/c1-9-7-10(2)14(17)8-13(9)16-18-19-20-21(16)15(11-3-4-11)12-5-6-12/h7-8,11-12,15H,3-6,17H2,1-2H3. The minimum absolute atomic E-state index is 0.483. The molecule has 0 aliphatic heterocycles. The maximum atomic E-state index is 6.09. The molecule has 2 fully saturated rings. The third-order valence-electron chi connectivity index (χ3n) is 4.84. The van der Waals surface area contributed by atoms with Crippen LogP contribution in [0.5, 0.6) is 0 Å². The highest BCUT2D eigenvalue weighted by Crippen LogP contribution is 2.52. The molecular weight excluding hydrogens is 262 g/mol. The molecule has 21 heavy (non-hydrogen) atoms. The molecule has 2 aliphatic carbocycles. The Labute approximate surface area is 124 Å². The number of aryl methyl sites for hydroxylation is 2. The predicted molar refractivity (Wildman–Crippen MR) is 81.6 cm³/mol. The van der Waals surface area contributed by atoms with Crippen LogP contribution >= 0.6 is 0 Å². The quantitative estimate of drug-likeness (QED) is 0.876. The lowest BCUT2D eigenvalue weighted by atomic mass is 10.0. The second kappa shape index (κ2) is 4.55. The smallest absolute Gasteiger partial charge is 0.182 e. The summed E-state index contributed by atoms with van der Waals surface area (Å²) in [6.07, 6.45) is 5.26. The van der Waals surface area contributed by atoms with Gasteiger partial charge >= 0.3 is 0 Å². The number of nitrogens with two attached hydrogens (primary N) is 1. The lowest BCUT2D eigenvalue weighted by Gasteiger charge is -2.18. The van der Waals surface area contributed by atoms with E-state index in [2.05, 4.69) is 33.2 Å². The van der Waals surface area contributed by atoms with Gasteiger partial charge in [0.25, 0.3) is 0 Å². The lowest BCUT2D eigenvalue weighted by Crippen LogP contribution is -2.17. The van der Waals surface area contributed by atoms with Gasteiger partial charge in [-0.15, -0.1) is 5.10 Å². The fourth-order valence-electron chi connectivity index (χ4n) is 3.34. The van der Waals surface area contributed by atoms with E-state index in [9.17, 15) is 0 Å². The van der Waals surface area contributed by atoms with Crippen LogP contribution in [0.25, 0.3) is 11.4 Å². The minimum Gasteiger partial charge on any atom is -0.398 e. The largest absolute Gasteiger partial charge is 0.398 e. The van der Waals surface area contributed by atoms with Crippen LogP contribution in [0.3, 0.4) is 0 Å². The van der Waals surface area contributed by atoms with Crippen LogP contribution in [0.1, 0.15) is 42.9 Å². The predicted octanol–water partition coefficient (Wildman–Crippen LogP) is 2.90. The molecule has 0 saturated heterocycles. The maximum absolute atomic E-state index is 6.09. The molecule has 0 radical (unpaired) electrons. The third-order valence-corrected chi connectivity index (χ3v) is 4.84. The van der Waals surface area contributed by atoms with Gasteiger partial charge in [0.05, 0.1) is 6.04 Å². The van der Waals surface area contributed by atoms with Gasteiger partial charge in [-0.05, 0) is 79.0 Å². The average molecular weight is 283 g/mol. The molecule has 0 atom stereocenters. The van der Waals surface area contributed by atoms with Crippen molar-refractivity contribution in [3.63, 3.8) is 0 Å². The fraction of sp³-hybridized carbons (Fsp3) is 0.562. The van der Waals surface area contributed by atoms with E-state index in [-0.39, 0.29) is 0 Å². The monoisotopic (exact) mass is 283 g/mol. The van der Waals surface area contributed by atoms with Crippen LogP contribution in [0.15, 0.2) is 12.1 Å². The van der Waals surface area contributed by atoms with Crippen LogP contribution in [0, 0.1) is 25.7 Å². The Balaban J connectivity index is 1.79. The summed E-state index contributed by atoms with van der Waals surface area (Å²) in [5.74, 6) is 2.41. The van der Waals surface area contributed by atoms with E-state index in [1.807, 2.05) is 13.0 Å². The molecule has 1 aromatic carbocycles. The van der Waals surface area contributed by atoms with Crippen LogP contribution in [-0.2, 0) is 0 Å². The van der Waals surface area contributed by atoms with Gasteiger partial charge in [0.15, 0.2) is 5.82 Å². The Morgan fingerprint density at radius 1 is 1.10 bits per heavy atom. The fourth-order valence-corrected chi connectivity index (χ4v) is 3.34. The van der Waals surface area contributed by atoms with Crippen molar-refractivity contribution in [2.45, 2.75) is 45.6 Å². The zero-order valence-corrected chi connectivity index (χ0v) is 12.6. The number of anilines is 1. The van der Waals surface area contributed by atoms with Crippen molar-refractivity contribution in [3.8, 4) is 11.4 Å². The van der Waals surface area contributed by atoms with Crippen molar-refractivity contribution in [2.75, 3.05) is 5.73 Å². The van der Waals surface area contributed by atoms with Crippen LogP contribution in [-0.4, -0.2) is 20.2 Å². The van der Waals surface area contributed by atoms with Crippen LogP contribution in [0.2, 0.25) is 0 Å². The summed E-state index contributed by atoms with van der Waals surface area (Å²) in [5, 5.41) is 12.6. The molecule has 0 spiro atoms. The number of tetrazole rings is 1. The Morgan fingerprint density at radius 2 is 1.76 bits per heavy atom. The first-order valence-corrected chi connectivity index (χ1v) is 7.80. The van der Waals surface area contributed by atoms with Gasteiger partial charge in [-0.3, -0.25) is 0 Å². The Hall–Kier alpha value is -1.91. The molecule has 110 valence electrons. The number of hydrogen-bond acceptors (Lipinski definition) is 4. The zero-order chi connectivity index (χ0) is 14.6. The van der Waals surface area contributed by atoms with Crippen molar-refractivity contribution >= 4 is 5.69 Å². The molecule has 1 heterocycles. The van der Waals surface area contributed by atoms with Gasteiger partial charge in [0, 0.05) is 11.3 Å². The number of nitrogen functional groups attached to an aromatic ring is 1. The molecule has 2 aliphatic rings. The summed E-state index contributed by atoms with van der Waals surface area (Å²) in [7, 11) is 0. The first-order valence-electron chi connectivity index (χ1n) is 7.80. The normalized spacial score (nSPS) is 18.4. The molecule has 1 aromatic heterocycles. The van der Waals surface area contributed by atoms with E-state index < -0.39 is 0 Å². The van der Waals surface area contributed by atoms with E-state index in [1.54, 1.807) is 0 Å². The first kappa shape index (κ1) is 12.8. The molecule has 2 aromatic rings. The third kappa shape index (κ3) is 2.20. The molecular formula is C16H21N5. The van der Waals surface area contributed by atoms with Gasteiger partial charge in [-0.25, -0.2) is 4.68 Å². The van der Waals surface area contributed by atoms with E-state index in [0.29, 0.717) is 6.04 Å². The topological polar surface area (TPSA) is 69.6 Å². The van der Waals surface area contributed by atoms with Gasteiger partial charge in [-0.1, -0.05) is 6.07 Å².